The Kier molecular flexibility index (Phi) is 6.24. The molecule has 0 unspecified atom stereocenters. The summed E-state index contributed by atoms with van der Waals surface area (Å²) in [5, 5.41) is 7.19. The Labute approximate surface area is 170 Å². The van der Waals surface area contributed by atoms with Gasteiger partial charge in [0.15, 0.2) is 0 Å². The van der Waals surface area contributed by atoms with Crippen molar-refractivity contribution in [3.05, 3.63) is 83.7 Å². The molecular formula is C23H24N4O2. The predicted molar refractivity (Wildman–Crippen MR) is 115 cm³/mol. The average molecular weight is 388 g/mol. The highest BCUT2D eigenvalue weighted by Crippen LogP contribution is 2.19. The molecule has 0 spiro atoms. The Morgan fingerprint density at radius 1 is 1.07 bits per heavy atom. The first-order chi connectivity index (χ1) is 13.9. The predicted octanol–water partition coefficient (Wildman–Crippen LogP) is 3.60. The molecule has 148 valence electrons. The molecule has 1 aromatic heterocycles. The van der Waals surface area contributed by atoms with Crippen molar-refractivity contribution in [2.45, 2.75) is 13.8 Å². The Bertz CT molecular complexity index is 1020. The van der Waals surface area contributed by atoms with E-state index in [1.807, 2.05) is 68.6 Å². The van der Waals surface area contributed by atoms with Crippen LogP contribution >= 0.6 is 0 Å². The number of hydrogen-bond acceptors (Lipinski definition) is 3. The van der Waals surface area contributed by atoms with Gasteiger partial charge in [0.2, 0.25) is 11.8 Å². The molecule has 0 aliphatic heterocycles. The molecule has 0 saturated heterocycles. The zero-order valence-electron chi connectivity index (χ0n) is 16.8. The molecule has 1 heterocycles. The molecule has 3 rings (SSSR count). The summed E-state index contributed by atoms with van der Waals surface area (Å²) < 4.78 is 1.74. The summed E-state index contributed by atoms with van der Waals surface area (Å²) in [4.78, 5) is 26.0. The van der Waals surface area contributed by atoms with Crippen LogP contribution in [0.5, 0.6) is 0 Å². The van der Waals surface area contributed by atoms with Crippen LogP contribution < -0.4 is 5.32 Å². The number of likely N-dealkylation sites (N-methyl/N-ethyl adjacent to an activating group) is 1. The number of carbonyl (C=O) groups is 2. The molecule has 3 aromatic rings. The zero-order chi connectivity index (χ0) is 20.8. The van der Waals surface area contributed by atoms with Crippen LogP contribution in [-0.2, 0) is 9.59 Å². The number of anilines is 1. The van der Waals surface area contributed by atoms with Gasteiger partial charge in [-0.25, -0.2) is 4.68 Å². The molecule has 0 bridgehead atoms. The van der Waals surface area contributed by atoms with E-state index in [4.69, 9.17) is 0 Å². The lowest BCUT2D eigenvalue weighted by Gasteiger charge is -2.16. The summed E-state index contributed by atoms with van der Waals surface area (Å²) in [7, 11) is 1.60. The Morgan fingerprint density at radius 3 is 2.45 bits per heavy atom. The summed E-state index contributed by atoms with van der Waals surface area (Å²) in [5.74, 6) is -0.488. The summed E-state index contributed by atoms with van der Waals surface area (Å²) in [6, 6.07) is 15.6. The molecule has 1 N–H and O–H groups in total. The molecule has 29 heavy (non-hydrogen) atoms. The number of nitrogens with zero attached hydrogens (tertiary/aromatic N) is 3. The quantitative estimate of drug-likeness (QED) is 0.656. The van der Waals surface area contributed by atoms with Crippen molar-refractivity contribution in [3.63, 3.8) is 0 Å². The van der Waals surface area contributed by atoms with Gasteiger partial charge in [-0.05, 0) is 43.2 Å². The first-order valence-corrected chi connectivity index (χ1v) is 9.33. The van der Waals surface area contributed by atoms with E-state index in [9.17, 15) is 9.59 Å². The maximum atomic E-state index is 12.3. The first kappa shape index (κ1) is 20.1. The van der Waals surface area contributed by atoms with Crippen LogP contribution in [0.25, 0.3) is 11.8 Å². The number of aromatic nitrogens is 2. The lowest BCUT2D eigenvalue weighted by atomic mass is 10.1. The molecular weight excluding hydrogens is 364 g/mol. The van der Waals surface area contributed by atoms with Crippen LogP contribution in [-0.4, -0.2) is 40.1 Å². The monoisotopic (exact) mass is 388 g/mol. The minimum atomic E-state index is -0.255. The van der Waals surface area contributed by atoms with E-state index in [0.29, 0.717) is 0 Å². The Balaban J connectivity index is 1.58. The largest absolute Gasteiger partial charge is 0.333 e. The van der Waals surface area contributed by atoms with Crippen LogP contribution in [0.2, 0.25) is 0 Å². The van der Waals surface area contributed by atoms with Gasteiger partial charge in [-0.15, -0.1) is 0 Å². The van der Waals surface area contributed by atoms with Crippen molar-refractivity contribution in [1.82, 2.24) is 14.7 Å². The fourth-order valence-electron chi connectivity index (χ4n) is 2.92. The number of benzene rings is 2. The molecule has 0 saturated carbocycles. The van der Waals surface area contributed by atoms with E-state index in [2.05, 4.69) is 10.4 Å². The number of aryl methyl sites for hydroxylation is 2. The lowest BCUT2D eigenvalue weighted by molar-refractivity contribution is -0.129. The maximum absolute atomic E-state index is 12.3. The van der Waals surface area contributed by atoms with Gasteiger partial charge in [-0.2, -0.15) is 5.10 Å². The molecule has 0 aliphatic rings. The topological polar surface area (TPSA) is 67.2 Å². The average Bonchev–Trinajstić information content (AvgIpc) is 3.19. The number of carbonyl (C=O) groups excluding carboxylic acids is 2. The van der Waals surface area contributed by atoms with E-state index < -0.39 is 0 Å². The molecule has 0 aliphatic carbocycles. The first-order valence-electron chi connectivity index (χ1n) is 9.33. The molecule has 2 amide bonds. The van der Waals surface area contributed by atoms with Crippen molar-refractivity contribution in [2.24, 2.45) is 0 Å². The van der Waals surface area contributed by atoms with Crippen molar-refractivity contribution in [1.29, 1.82) is 0 Å². The SMILES string of the molecule is Cc1cccc(C)c1NC(=O)CN(C)C(=O)/C=C/c1cnn(-c2ccccc2)c1. The van der Waals surface area contributed by atoms with E-state index in [1.54, 1.807) is 24.0 Å². The smallest absolute Gasteiger partial charge is 0.246 e. The number of para-hydroxylation sites is 2. The lowest BCUT2D eigenvalue weighted by Crippen LogP contribution is -2.34. The third kappa shape index (κ3) is 5.19. The van der Waals surface area contributed by atoms with E-state index >= 15 is 0 Å². The van der Waals surface area contributed by atoms with Crippen LogP contribution in [0.4, 0.5) is 5.69 Å². The Morgan fingerprint density at radius 2 is 1.76 bits per heavy atom. The van der Waals surface area contributed by atoms with E-state index in [-0.39, 0.29) is 18.4 Å². The second-order valence-corrected chi connectivity index (χ2v) is 6.90. The van der Waals surface area contributed by atoms with Gasteiger partial charge in [0.05, 0.1) is 18.4 Å². The fourth-order valence-corrected chi connectivity index (χ4v) is 2.92. The van der Waals surface area contributed by atoms with Crippen molar-refractivity contribution in [2.75, 3.05) is 18.9 Å². The third-order valence-electron chi connectivity index (χ3n) is 4.54. The summed E-state index contributed by atoms with van der Waals surface area (Å²) in [5.41, 5.74) is 4.52. The van der Waals surface area contributed by atoms with Gasteiger partial charge < -0.3 is 10.2 Å². The van der Waals surface area contributed by atoms with Crippen LogP contribution in [0, 0.1) is 13.8 Å². The van der Waals surface area contributed by atoms with Crippen molar-refractivity contribution >= 4 is 23.6 Å². The minimum absolute atomic E-state index is 0.0276. The normalized spacial score (nSPS) is 10.9. The van der Waals surface area contributed by atoms with E-state index in [1.165, 1.54) is 11.0 Å². The molecule has 6 heteroatoms. The molecule has 6 nitrogen and oxygen atoms in total. The van der Waals surface area contributed by atoms with Gasteiger partial charge in [-0.3, -0.25) is 9.59 Å². The van der Waals surface area contributed by atoms with Gasteiger partial charge in [0.25, 0.3) is 0 Å². The molecule has 0 atom stereocenters. The standard InChI is InChI=1S/C23H24N4O2/c1-17-8-7-9-18(2)23(17)25-21(28)16-26(3)22(29)13-12-19-14-24-27(15-19)20-10-5-4-6-11-20/h4-15H,16H2,1-3H3,(H,25,28)/b13-12+. The summed E-state index contributed by atoms with van der Waals surface area (Å²) >= 11 is 0. The van der Waals surface area contributed by atoms with Crippen LogP contribution in [0.3, 0.4) is 0 Å². The highest BCUT2D eigenvalue weighted by atomic mass is 16.2. The number of rotatable bonds is 6. The molecule has 2 aromatic carbocycles. The highest BCUT2D eigenvalue weighted by Gasteiger charge is 2.12. The maximum Gasteiger partial charge on any atom is 0.246 e. The Hall–Kier alpha value is -3.67. The van der Waals surface area contributed by atoms with Gasteiger partial charge in [-0.1, -0.05) is 36.4 Å². The molecule has 0 fully saturated rings. The summed E-state index contributed by atoms with van der Waals surface area (Å²) in [6.45, 7) is 3.85. The second-order valence-electron chi connectivity index (χ2n) is 6.90. The van der Waals surface area contributed by atoms with Crippen molar-refractivity contribution in [3.8, 4) is 5.69 Å². The van der Waals surface area contributed by atoms with Crippen molar-refractivity contribution < 1.29 is 9.59 Å². The van der Waals surface area contributed by atoms with E-state index in [0.717, 1.165) is 28.1 Å². The fraction of sp³-hybridized carbons (Fsp3) is 0.174. The van der Waals surface area contributed by atoms with Gasteiger partial charge in [0.1, 0.15) is 0 Å². The minimum Gasteiger partial charge on any atom is -0.333 e. The van der Waals surface area contributed by atoms with Gasteiger partial charge in [0, 0.05) is 30.6 Å². The zero-order valence-corrected chi connectivity index (χ0v) is 16.8. The summed E-state index contributed by atoms with van der Waals surface area (Å²) in [6.07, 6.45) is 6.66. The van der Waals surface area contributed by atoms with Gasteiger partial charge >= 0.3 is 0 Å². The highest BCUT2D eigenvalue weighted by molar-refractivity contribution is 5.98. The third-order valence-corrected chi connectivity index (χ3v) is 4.54. The number of nitrogens with one attached hydrogen (secondary N) is 1. The van der Waals surface area contributed by atoms with Crippen LogP contribution in [0.15, 0.2) is 67.0 Å². The van der Waals surface area contributed by atoms with Crippen LogP contribution in [0.1, 0.15) is 16.7 Å². The number of hydrogen-bond donors (Lipinski definition) is 1. The molecule has 0 radical (unpaired) electrons. The second kappa shape index (κ2) is 9.01. The number of amides is 2.